The fourth-order valence-corrected chi connectivity index (χ4v) is 3.53. The van der Waals surface area contributed by atoms with Crippen molar-refractivity contribution < 1.29 is 14.3 Å². The van der Waals surface area contributed by atoms with Crippen molar-refractivity contribution in [3.63, 3.8) is 0 Å². The second-order valence-corrected chi connectivity index (χ2v) is 9.22. The van der Waals surface area contributed by atoms with E-state index in [0.29, 0.717) is 18.7 Å². The summed E-state index contributed by atoms with van der Waals surface area (Å²) < 4.78 is 13.7. The minimum absolute atomic E-state index is 0.0553. The van der Waals surface area contributed by atoms with E-state index in [-0.39, 0.29) is 11.4 Å². The molecule has 0 aliphatic rings. The van der Waals surface area contributed by atoms with Crippen molar-refractivity contribution in [2.75, 3.05) is 7.05 Å². The summed E-state index contributed by atoms with van der Waals surface area (Å²) in [6.45, 7) is 15.0. The lowest BCUT2D eigenvalue weighted by Crippen LogP contribution is -2.19. The quantitative estimate of drug-likeness (QED) is 0.187. The van der Waals surface area contributed by atoms with Crippen molar-refractivity contribution in [2.24, 2.45) is 4.99 Å². The predicted octanol–water partition coefficient (Wildman–Crippen LogP) is 6.17. The third kappa shape index (κ3) is 7.31. The number of carbonyl (C=O) groups excluding carboxylic acids is 1. The molecule has 1 aromatic heterocycles. The molecule has 0 saturated carbocycles. The molecule has 1 heterocycles. The van der Waals surface area contributed by atoms with Crippen LogP contribution in [0.1, 0.15) is 83.3 Å². The summed E-state index contributed by atoms with van der Waals surface area (Å²) in [5.41, 5.74) is 4.78. The van der Waals surface area contributed by atoms with E-state index in [0.717, 1.165) is 35.4 Å². The largest absolute Gasteiger partial charge is 0.452 e. The highest BCUT2D eigenvalue weighted by atomic mass is 16.7. The highest BCUT2D eigenvalue weighted by Crippen LogP contribution is 2.30. The number of benzene rings is 1. The van der Waals surface area contributed by atoms with Crippen LogP contribution in [0.3, 0.4) is 0 Å². The average Bonchev–Trinajstić information content (AvgIpc) is 3.14. The van der Waals surface area contributed by atoms with Crippen LogP contribution in [0.4, 0.5) is 0 Å². The van der Waals surface area contributed by atoms with Gasteiger partial charge in [-0.15, -0.1) is 0 Å². The van der Waals surface area contributed by atoms with Gasteiger partial charge in [-0.2, -0.15) is 5.10 Å². The lowest BCUT2D eigenvalue weighted by atomic mass is 9.86. The third-order valence-corrected chi connectivity index (χ3v) is 5.31. The molecule has 2 aromatic rings. The van der Waals surface area contributed by atoms with Gasteiger partial charge in [0, 0.05) is 38.7 Å². The zero-order chi connectivity index (χ0) is 24.6. The third-order valence-electron chi connectivity index (χ3n) is 5.31. The molecule has 1 atom stereocenters. The Bertz CT molecular complexity index is 979. The summed E-state index contributed by atoms with van der Waals surface area (Å²) in [6.07, 6.45) is 3.15. The number of unbranched alkanes of at least 4 members (excludes halogenated alkanes) is 1. The number of rotatable bonds is 10. The van der Waals surface area contributed by atoms with Gasteiger partial charge in [0.05, 0.1) is 5.69 Å². The zero-order valence-corrected chi connectivity index (χ0v) is 21.4. The molecule has 0 aliphatic carbocycles. The molecule has 33 heavy (non-hydrogen) atoms. The van der Waals surface area contributed by atoms with E-state index in [1.54, 1.807) is 20.2 Å². The number of allylic oxidation sites excluding steroid dienone is 1. The first kappa shape index (κ1) is 26.4. The minimum atomic E-state index is -0.751. The van der Waals surface area contributed by atoms with E-state index in [4.69, 9.17) is 9.47 Å². The summed E-state index contributed by atoms with van der Waals surface area (Å²) in [5.74, 6) is 0.325. The summed E-state index contributed by atoms with van der Waals surface area (Å²) >= 11 is 0. The van der Waals surface area contributed by atoms with Crippen molar-refractivity contribution >= 4 is 23.5 Å². The molecule has 6 nitrogen and oxygen atoms in total. The van der Waals surface area contributed by atoms with E-state index in [1.807, 2.05) is 31.5 Å². The molecule has 1 aromatic carbocycles. The number of hydrogen-bond donors (Lipinski definition) is 0. The normalized spacial score (nSPS) is 13.7. The molecule has 0 radical (unpaired) electrons. The highest BCUT2D eigenvalue weighted by Gasteiger charge is 2.22. The molecule has 0 N–H and O–H groups in total. The Balaban J connectivity index is 2.57. The van der Waals surface area contributed by atoms with E-state index < -0.39 is 6.29 Å². The smallest absolute Gasteiger partial charge is 0.308 e. The van der Waals surface area contributed by atoms with E-state index in [1.165, 1.54) is 5.56 Å². The monoisotopic (exact) mass is 453 g/mol. The Morgan fingerprint density at radius 3 is 2.39 bits per heavy atom. The van der Waals surface area contributed by atoms with Gasteiger partial charge in [0.2, 0.25) is 6.29 Å². The first-order chi connectivity index (χ1) is 15.6. The van der Waals surface area contributed by atoms with Gasteiger partial charge in [0.15, 0.2) is 5.76 Å². The second-order valence-electron chi connectivity index (χ2n) is 9.22. The van der Waals surface area contributed by atoms with Gasteiger partial charge in [-0.1, -0.05) is 58.4 Å². The summed E-state index contributed by atoms with van der Waals surface area (Å²) in [5, 5.41) is 4.59. The molecule has 0 bridgehead atoms. The number of aromatic nitrogens is 2. The number of ether oxygens (including phenoxy) is 2. The van der Waals surface area contributed by atoms with E-state index in [9.17, 15) is 4.79 Å². The topological polar surface area (TPSA) is 65.7 Å². The maximum absolute atomic E-state index is 12.2. The van der Waals surface area contributed by atoms with Crippen molar-refractivity contribution in [3.8, 4) is 0 Å². The second kappa shape index (κ2) is 11.8. The number of aryl methyl sites for hydroxylation is 2. The number of hydrogen-bond acceptors (Lipinski definition) is 5. The number of aliphatic imine (C=N–C) groups is 1. The number of esters is 1. The summed E-state index contributed by atoms with van der Waals surface area (Å²) in [4.78, 5) is 16.5. The van der Waals surface area contributed by atoms with Gasteiger partial charge in [-0.25, -0.2) is 0 Å². The molecule has 180 valence electrons. The van der Waals surface area contributed by atoms with E-state index >= 15 is 0 Å². The average molecular weight is 454 g/mol. The molecular formula is C27H39N3O3. The fraction of sp³-hybridized carbons (Fsp3) is 0.519. The number of carbonyl (C=O) groups is 1. The Morgan fingerprint density at radius 2 is 1.85 bits per heavy atom. The van der Waals surface area contributed by atoms with Crippen LogP contribution in [-0.4, -0.2) is 35.3 Å². The Labute approximate surface area is 198 Å². The van der Waals surface area contributed by atoms with Gasteiger partial charge in [0.25, 0.3) is 0 Å². The van der Waals surface area contributed by atoms with Gasteiger partial charge in [0.1, 0.15) is 5.69 Å². The van der Waals surface area contributed by atoms with Gasteiger partial charge in [-0.3, -0.25) is 14.5 Å². The summed E-state index contributed by atoms with van der Waals surface area (Å²) in [6, 6.07) is 10.4. The van der Waals surface area contributed by atoms with Crippen LogP contribution >= 0.6 is 0 Å². The molecule has 6 heteroatoms. The van der Waals surface area contributed by atoms with Gasteiger partial charge >= 0.3 is 5.97 Å². The SMILES string of the molecule is CCCCC(=O)OC(C)O/C(=C(/C=NC)c1ccc(C(C)(C)C)cc1)c1cc(C)nn1CC. The van der Waals surface area contributed by atoms with Gasteiger partial charge in [-0.05, 0) is 42.9 Å². The Kier molecular flexibility index (Phi) is 9.44. The molecule has 0 amide bonds. The van der Waals surface area contributed by atoms with Crippen LogP contribution in [0.15, 0.2) is 35.3 Å². The van der Waals surface area contributed by atoms with Crippen molar-refractivity contribution in [1.29, 1.82) is 0 Å². The first-order valence-electron chi connectivity index (χ1n) is 11.8. The Hall–Kier alpha value is -2.89. The minimum Gasteiger partial charge on any atom is -0.452 e. The number of nitrogens with zero attached hydrogens (tertiary/aromatic N) is 3. The van der Waals surface area contributed by atoms with Crippen LogP contribution in [0.2, 0.25) is 0 Å². The lowest BCUT2D eigenvalue weighted by Gasteiger charge is -2.22. The first-order valence-corrected chi connectivity index (χ1v) is 11.8. The zero-order valence-electron chi connectivity index (χ0n) is 21.4. The van der Waals surface area contributed by atoms with Gasteiger partial charge < -0.3 is 9.47 Å². The molecule has 0 fully saturated rings. The van der Waals surface area contributed by atoms with Crippen molar-refractivity contribution in [2.45, 2.75) is 86.0 Å². The molecule has 0 saturated heterocycles. The fourth-order valence-electron chi connectivity index (χ4n) is 3.53. The Morgan fingerprint density at radius 1 is 1.18 bits per heavy atom. The molecule has 0 aliphatic heterocycles. The lowest BCUT2D eigenvalue weighted by molar-refractivity contribution is -0.164. The van der Waals surface area contributed by atoms with Crippen molar-refractivity contribution in [3.05, 3.63) is 52.8 Å². The van der Waals surface area contributed by atoms with Crippen molar-refractivity contribution in [1.82, 2.24) is 9.78 Å². The maximum Gasteiger partial charge on any atom is 0.308 e. The van der Waals surface area contributed by atoms with Crippen LogP contribution < -0.4 is 0 Å². The molecule has 0 spiro atoms. The maximum atomic E-state index is 12.2. The highest BCUT2D eigenvalue weighted by molar-refractivity contribution is 6.18. The predicted molar refractivity (Wildman–Crippen MR) is 135 cm³/mol. The van der Waals surface area contributed by atoms with Crippen LogP contribution in [-0.2, 0) is 26.2 Å². The molecule has 2 rings (SSSR count). The van der Waals surface area contributed by atoms with E-state index in [2.05, 4.69) is 55.1 Å². The standard InChI is InChI=1S/C27H39N3O3/c1-9-11-12-25(31)32-20(4)33-26(24-17-19(3)29-30(24)10-2)23(18-28-8)21-13-15-22(16-14-21)27(5,6)7/h13-18,20H,9-12H2,1-8H3/b26-23-,28-18?. The molecular weight excluding hydrogens is 414 g/mol. The summed E-state index contributed by atoms with van der Waals surface area (Å²) in [7, 11) is 1.73. The van der Waals surface area contributed by atoms with Crippen LogP contribution in [0.5, 0.6) is 0 Å². The van der Waals surface area contributed by atoms with Crippen LogP contribution in [0, 0.1) is 6.92 Å². The van der Waals surface area contributed by atoms with Crippen LogP contribution in [0.25, 0.3) is 11.3 Å². The molecule has 1 unspecified atom stereocenters.